The topological polar surface area (TPSA) is 151 Å². The van der Waals surface area contributed by atoms with Gasteiger partial charge in [0.15, 0.2) is 22.9 Å². The molecule has 3 N–H and O–H groups in total. The van der Waals surface area contributed by atoms with E-state index in [9.17, 15) is 28.4 Å². The Morgan fingerprint density at radius 2 is 1.90 bits per heavy atom. The number of nitrogens with one attached hydrogen (secondary N) is 3. The number of amides is 2. The second kappa shape index (κ2) is 9.92. The number of methoxy groups -OCH3 is 1. The molecule has 0 saturated carbocycles. The lowest BCUT2D eigenvalue weighted by Gasteiger charge is -2.27. The lowest BCUT2D eigenvalue weighted by Crippen LogP contribution is -2.54. The first-order valence-corrected chi connectivity index (χ1v) is 12.8. The van der Waals surface area contributed by atoms with E-state index >= 15 is 0 Å². The molecule has 3 heterocycles. The van der Waals surface area contributed by atoms with Crippen molar-refractivity contribution in [2.75, 3.05) is 20.3 Å². The third kappa shape index (κ3) is 4.84. The molecule has 0 bridgehead atoms. The van der Waals surface area contributed by atoms with Crippen LogP contribution in [0, 0.1) is 29.0 Å². The van der Waals surface area contributed by atoms with Crippen LogP contribution in [0.1, 0.15) is 42.3 Å². The molecule has 5 rings (SSSR count). The Morgan fingerprint density at radius 1 is 1.15 bits per heavy atom. The van der Waals surface area contributed by atoms with Gasteiger partial charge in [0.05, 0.1) is 35.5 Å². The summed E-state index contributed by atoms with van der Waals surface area (Å²) in [5.41, 5.74) is -1.92. The Morgan fingerprint density at radius 3 is 2.61 bits per heavy atom. The summed E-state index contributed by atoms with van der Waals surface area (Å²) in [6.07, 6.45) is 0. The summed E-state index contributed by atoms with van der Waals surface area (Å²) in [4.78, 5) is 65.6. The first kappa shape index (κ1) is 27.6. The van der Waals surface area contributed by atoms with Crippen molar-refractivity contribution >= 4 is 34.5 Å². The summed E-state index contributed by atoms with van der Waals surface area (Å²) >= 11 is 0. The standard InChI is InChI=1S/C29H27FN4O7/c1-28(2,3)27(39)41-13-18-23(35)29(31-24(18)36,10-9-15-5-7-17-19(11-15)32-33-25(17)37)14-34-12-16-6-8-20(40-4)22(30)21(16)26(34)38/h5-8,11,18H,12-14H2,1-4H3,(H,31,36)(H2,32,33,37)/t18?,29-/m1/s1. The van der Waals surface area contributed by atoms with Crippen LogP contribution in [0.2, 0.25) is 0 Å². The quantitative estimate of drug-likeness (QED) is 0.243. The minimum atomic E-state index is -1.88. The van der Waals surface area contributed by atoms with Crippen LogP contribution in [0.4, 0.5) is 4.39 Å². The largest absolute Gasteiger partial charge is 0.494 e. The van der Waals surface area contributed by atoms with Crippen LogP contribution in [0.25, 0.3) is 10.9 Å². The van der Waals surface area contributed by atoms with Crippen LogP contribution in [-0.2, 0) is 25.7 Å². The third-order valence-electron chi connectivity index (χ3n) is 7.08. The van der Waals surface area contributed by atoms with Crippen molar-refractivity contribution in [3.05, 3.63) is 63.2 Å². The first-order valence-electron chi connectivity index (χ1n) is 12.8. The van der Waals surface area contributed by atoms with E-state index in [0.717, 1.165) is 0 Å². The van der Waals surface area contributed by atoms with E-state index in [2.05, 4.69) is 27.4 Å². The normalized spacial score (nSPS) is 20.1. The molecule has 2 amide bonds. The Bertz CT molecular complexity index is 1740. The monoisotopic (exact) mass is 562 g/mol. The van der Waals surface area contributed by atoms with E-state index in [0.29, 0.717) is 22.0 Å². The number of ether oxygens (including phenoxy) is 2. The van der Waals surface area contributed by atoms with Crippen molar-refractivity contribution in [3.63, 3.8) is 0 Å². The van der Waals surface area contributed by atoms with Crippen molar-refractivity contribution in [2.24, 2.45) is 11.3 Å². The van der Waals surface area contributed by atoms with Gasteiger partial charge in [0.25, 0.3) is 11.5 Å². The number of Topliss-reactive ketones (excluding diaryl/α,β-unsaturated/α-hetero) is 1. The van der Waals surface area contributed by atoms with E-state index in [1.807, 2.05) is 0 Å². The summed E-state index contributed by atoms with van der Waals surface area (Å²) < 4.78 is 25.2. The highest BCUT2D eigenvalue weighted by molar-refractivity contribution is 6.15. The third-order valence-corrected chi connectivity index (χ3v) is 7.08. The highest BCUT2D eigenvalue weighted by Crippen LogP contribution is 2.33. The summed E-state index contributed by atoms with van der Waals surface area (Å²) in [6, 6.07) is 7.70. The minimum absolute atomic E-state index is 0.0259. The van der Waals surface area contributed by atoms with Gasteiger partial charge in [0.1, 0.15) is 12.5 Å². The van der Waals surface area contributed by atoms with Crippen LogP contribution >= 0.6 is 0 Å². The zero-order valence-electron chi connectivity index (χ0n) is 22.8. The summed E-state index contributed by atoms with van der Waals surface area (Å²) in [5, 5.41) is 8.23. The van der Waals surface area contributed by atoms with E-state index in [1.165, 1.54) is 18.1 Å². The number of nitrogens with zero attached hydrogens (tertiary/aromatic N) is 1. The average molecular weight is 563 g/mol. The molecule has 41 heavy (non-hydrogen) atoms. The van der Waals surface area contributed by atoms with Crippen molar-refractivity contribution in [1.82, 2.24) is 20.4 Å². The number of carbonyl (C=O) groups is 4. The molecule has 1 unspecified atom stereocenters. The molecule has 0 radical (unpaired) electrons. The highest BCUT2D eigenvalue weighted by atomic mass is 19.1. The molecule has 3 aromatic rings. The number of fused-ring (bicyclic) bond motifs is 2. The number of esters is 1. The minimum Gasteiger partial charge on any atom is -0.494 e. The zero-order valence-corrected chi connectivity index (χ0v) is 22.8. The number of aromatic amines is 2. The van der Waals surface area contributed by atoms with Gasteiger partial charge in [-0.25, -0.2) is 4.39 Å². The lowest BCUT2D eigenvalue weighted by atomic mass is 9.90. The molecule has 0 spiro atoms. The molecule has 2 aliphatic rings. The van der Waals surface area contributed by atoms with Gasteiger partial charge in [-0.05, 0) is 50.6 Å². The van der Waals surface area contributed by atoms with E-state index in [1.54, 1.807) is 45.0 Å². The van der Waals surface area contributed by atoms with Crippen LogP contribution in [0.15, 0.2) is 35.1 Å². The first-order chi connectivity index (χ1) is 19.3. The van der Waals surface area contributed by atoms with Gasteiger partial charge in [-0.2, -0.15) is 0 Å². The van der Waals surface area contributed by atoms with Crippen molar-refractivity contribution < 1.29 is 33.0 Å². The number of carbonyl (C=O) groups excluding carboxylic acids is 4. The smallest absolute Gasteiger partial charge is 0.311 e. The maximum atomic E-state index is 15.0. The average Bonchev–Trinajstić information content (AvgIpc) is 3.52. The zero-order chi connectivity index (χ0) is 29.7. The number of benzene rings is 2. The number of hydrogen-bond donors (Lipinski definition) is 3. The molecular weight excluding hydrogens is 535 g/mol. The second-order valence-corrected chi connectivity index (χ2v) is 11.0. The highest BCUT2D eigenvalue weighted by Gasteiger charge is 2.54. The second-order valence-electron chi connectivity index (χ2n) is 11.0. The van der Waals surface area contributed by atoms with Gasteiger partial charge in [-0.3, -0.25) is 34.2 Å². The van der Waals surface area contributed by atoms with Gasteiger partial charge < -0.3 is 19.7 Å². The molecule has 0 aliphatic carbocycles. The van der Waals surface area contributed by atoms with Gasteiger partial charge in [0, 0.05) is 12.1 Å². The number of aromatic nitrogens is 2. The summed E-state index contributed by atoms with van der Waals surface area (Å²) in [6.45, 7) is 4.01. The van der Waals surface area contributed by atoms with Gasteiger partial charge in [-0.1, -0.05) is 17.9 Å². The molecule has 2 aromatic carbocycles. The Kier molecular flexibility index (Phi) is 6.69. The fraction of sp³-hybridized carbons (Fsp3) is 0.345. The number of rotatable bonds is 5. The van der Waals surface area contributed by atoms with Gasteiger partial charge >= 0.3 is 5.97 Å². The number of H-pyrrole nitrogens is 2. The predicted octanol–water partition coefficient (Wildman–Crippen LogP) is 1.65. The summed E-state index contributed by atoms with van der Waals surface area (Å²) in [5.74, 6) is 0.741. The number of hydrogen-bond acceptors (Lipinski definition) is 7. The van der Waals surface area contributed by atoms with Crippen LogP contribution in [0.5, 0.6) is 5.75 Å². The lowest BCUT2D eigenvalue weighted by molar-refractivity contribution is -0.155. The number of halogens is 1. The van der Waals surface area contributed by atoms with Crippen molar-refractivity contribution in [2.45, 2.75) is 32.9 Å². The van der Waals surface area contributed by atoms with E-state index in [-0.39, 0.29) is 30.0 Å². The van der Waals surface area contributed by atoms with Gasteiger partial charge in [-0.15, -0.1) is 0 Å². The molecule has 11 nitrogen and oxygen atoms in total. The maximum absolute atomic E-state index is 15.0. The molecular formula is C29H27FN4O7. The Labute approximate surface area is 233 Å². The van der Waals surface area contributed by atoms with Gasteiger partial charge in [0.2, 0.25) is 5.91 Å². The SMILES string of the molecule is COc1ccc2c(c1F)C(=O)N(C[C@@]1(C#Cc3ccc4c(=O)[nH][nH]c4c3)NC(=O)C(COC(=O)C(C)(C)C)C1=O)C2. The Balaban J connectivity index is 1.50. The predicted molar refractivity (Wildman–Crippen MR) is 143 cm³/mol. The van der Waals surface area contributed by atoms with Crippen LogP contribution in [-0.4, -0.2) is 64.5 Å². The number of ketones is 1. The maximum Gasteiger partial charge on any atom is 0.311 e. The molecule has 2 atom stereocenters. The molecule has 1 aromatic heterocycles. The molecule has 12 heteroatoms. The van der Waals surface area contributed by atoms with E-state index < -0.39 is 52.9 Å². The van der Waals surface area contributed by atoms with Crippen LogP contribution in [0.3, 0.4) is 0 Å². The van der Waals surface area contributed by atoms with E-state index in [4.69, 9.17) is 9.47 Å². The van der Waals surface area contributed by atoms with Crippen molar-refractivity contribution in [3.8, 4) is 17.6 Å². The molecule has 2 aliphatic heterocycles. The van der Waals surface area contributed by atoms with Crippen molar-refractivity contribution in [1.29, 1.82) is 0 Å². The molecule has 1 saturated heterocycles. The fourth-order valence-electron chi connectivity index (χ4n) is 4.81. The molecule has 1 fully saturated rings. The summed E-state index contributed by atoms with van der Waals surface area (Å²) in [7, 11) is 1.28. The fourth-order valence-corrected chi connectivity index (χ4v) is 4.81. The molecule has 212 valence electrons. The van der Waals surface area contributed by atoms with Crippen LogP contribution < -0.4 is 15.6 Å². The Hall–Kier alpha value is -4.92.